The molecule has 0 bridgehead atoms. The molecule has 0 aliphatic carbocycles. The van der Waals surface area contributed by atoms with Crippen LogP contribution in [0.4, 0.5) is 0 Å². The van der Waals surface area contributed by atoms with Gasteiger partial charge in [0.15, 0.2) is 0 Å². The lowest BCUT2D eigenvalue weighted by Gasteiger charge is -2.40. The Hall–Kier alpha value is -1.81. The number of carbonyl (C=O) groups excluding carboxylic acids is 1. The predicted molar refractivity (Wildman–Crippen MR) is 92.3 cm³/mol. The summed E-state index contributed by atoms with van der Waals surface area (Å²) in [7, 11) is 1.64. The Balaban J connectivity index is 2.00. The maximum absolute atomic E-state index is 12.5. The van der Waals surface area contributed by atoms with Crippen molar-refractivity contribution in [2.24, 2.45) is 5.41 Å². The van der Waals surface area contributed by atoms with Gasteiger partial charge in [0.2, 0.25) is 5.91 Å². The molecule has 1 heterocycles. The predicted octanol–water partition coefficient (Wildman–Crippen LogP) is 3.11. The number of piperidine rings is 1. The average molecular weight is 317 g/mol. The Morgan fingerprint density at radius 2 is 1.91 bits per heavy atom. The second-order valence-electron chi connectivity index (χ2n) is 6.39. The number of ether oxygens (including phenoxy) is 1. The van der Waals surface area contributed by atoms with Gasteiger partial charge in [-0.15, -0.1) is 0 Å². The monoisotopic (exact) mass is 317 g/mol. The number of likely N-dealkylation sites (tertiary alicyclic amines) is 1. The number of rotatable bonds is 5. The number of aliphatic hydroxyl groups excluding tert-OH is 1. The second kappa shape index (κ2) is 7.64. The van der Waals surface area contributed by atoms with Crippen LogP contribution in [0.25, 0.3) is 5.57 Å². The van der Waals surface area contributed by atoms with E-state index in [9.17, 15) is 9.90 Å². The number of methoxy groups -OCH3 is 1. The molecule has 0 unspecified atom stereocenters. The Morgan fingerprint density at radius 3 is 2.39 bits per heavy atom. The van der Waals surface area contributed by atoms with Crippen molar-refractivity contribution in [3.63, 3.8) is 0 Å². The third kappa shape index (κ3) is 4.14. The van der Waals surface area contributed by atoms with E-state index in [4.69, 9.17) is 4.74 Å². The van der Waals surface area contributed by atoms with Crippen LogP contribution in [0, 0.1) is 5.41 Å². The summed E-state index contributed by atoms with van der Waals surface area (Å²) >= 11 is 0. The lowest BCUT2D eigenvalue weighted by Crippen LogP contribution is -2.43. The second-order valence-corrected chi connectivity index (χ2v) is 6.39. The third-order valence-electron chi connectivity index (χ3n) is 5.11. The van der Waals surface area contributed by atoms with Crippen LogP contribution in [0.5, 0.6) is 5.75 Å². The highest BCUT2D eigenvalue weighted by Gasteiger charge is 2.33. The van der Waals surface area contributed by atoms with Crippen molar-refractivity contribution in [2.75, 3.05) is 26.8 Å². The van der Waals surface area contributed by atoms with Gasteiger partial charge in [-0.3, -0.25) is 4.79 Å². The van der Waals surface area contributed by atoms with Crippen molar-refractivity contribution in [1.82, 2.24) is 4.90 Å². The molecule has 2 rings (SSSR count). The van der Waals surface area contributed by atoms with Crippen molar-refractivity contribution in [2.45, 2.75) is 33.1 Å². The number of aliphatic hydroxyl groups is 1. The summed E-state index contributed by atoms with van der Waals surface area (Å²) in [5.74, 6) is 0.866. The SMILES string of the molecule is CCC1(CO)CCN(C(=O)/C=C(/C)c2ccc(OC)cc2)CC1. The highest BCUT2D eigenvalue weighted by atomic mass is 16.5. The van der Waals surface area contributed by atoms with Crippen molar-refractivity contribution < 1.29 is 14.6 Å². The fourth-order valence-corrected chi connectivity index (χ4v) is 3.04. The summed E-state index contributed by atoms with van der Waals surface area (Å²) in [6, 6.07) is 7.72. The van der Waals surface area contributed by atoms with Gasteiger partial charge in [0.05, 0.1) is 7.11 Å². The van der Waals surface area contributed by atoms with Gasteiger partial charge in [0, 0.05) is 25.8 Å². The standard InChI is InChI=1S/C19H27NO3/c1-4-19(14-21)9-11-20(12-10-19)18(22)13-15(2)16-5-7-17(23-3)8-6-16/h5-8,13,21H,4,9-12,14H2,1-3H3/b15-13-. The minimum absolute atomic E-state index is 0.00548. The van der Waals surface area contributed by atoms with Crippen LogP contribution in [0.15, 0.2) is 30.3 Å². The highest BCUT2D eigenvalue weighted by molar-refractivity contribution is 5.94. The minimum atomic E-state index is 0.00548. The summed E-state index contributed by atoms with van der Waals surface area (Å²) in [4.78, 5) is 14.3. The number of allylic oxidation sites excluding steroid dienone is 1. The van der Waals surface area contributed by atoms with E-state index < -0.39 is 0 Å². The molecule has 1 fully saturated rings. The van der Waals surface area contributed by atoms with E-state index in [2.05, 4.69) is 6.92 Å². The van der Waals surface area contributed by atoms with E-state index >= 15 is 0 Å². The lowest BCUT2D eigenvalue weighted by atomic mass is 9.77. The fourth-order valence-electron chi connectivity index (χ4n) is 3.04. The molecule has 1 aromatic carbocycles. The van der Waals surface area contributed by atoms with Gasteiger partial charge in [-0.2, -0.15) is 0 Å². The Labute approximate surface area is 138 Å². The normalized spacial score (nSPS) is 17.9. The van der Waals surface area contributed by atoms with Crippen LogP contribution >= 0.6 is 0 Å². The quantitative estimate of drug-likeness (QED) is 0.849. The van der Waals surface area contributed by atoms with Gasteiger partial charge in [-0.1, -0.05) is 19.1 Å². The van der Waals surface area contributed by atoms with E-state index in [-0.39, 0.29) is 17.9 Å². The molecule has 1 aliphatic heterocycles. The highest BCUT2D eigenvalue weighted by Crippen LogP contribution is 2.34. The number of carbonyl (C=O) groups is 1. The van der Waals surface area contributed by atoms with Crippen LogP contribution in [0.2, 0.25) is 0 Å². The molecule has 1 aromatic rings. The van der Waals surface area contributed by atoms with Gasteiger partial charge in [-0.05, 0) is 54.9 Å². The smallest absolute Gasteiger partial charge is 0.246 e. The van der Waals surface area contributed by atoms with Crippen molar-refractivity contribution >= 4 is 11.5 Å². The molecule has 1 N–H and O–H groups in total. The molecule has 4 nitrogen and oxygen atoms in total. The van der Waals surface area contributed by atoms with Gasteiger partial charge in [0.25, 0.3) is 0 Å². The minimum Gasteiger partial charge on any atom is -0.497 e. The first-order chi connectivity index (χ1) is 11.0. The fraction of sp³-hybridized carbons (Fsp3) is 0.526. The molecule has 23 heavy (non-hydrogen) atoms. The van der Waals surface area contributed by atoms with Crippen molar-refractivity contribution in [3.05, 3.63) is 35.9 Å². The molecule has 126 valence electrons. The van der Waals surface area contributed by atoms with Crippen LogP contribution in [0.1, 0.15) is 38.7 Å². The number of amides is 1. The lowest BCUT2D eigenvalue weighted by molar-refractivity contribution is -0.128. The van der Waals surface area contributed by atoms with E-state index in [0.29, 0.717) is 0 Å². The topological polar surface area (TPSA) is 49.8 Å². The molecule has 0 radical (unpaired) electrons. The zero-order valence-corrected chi connectivity index (χ0v) is 14.3. The van der Waals surface area contributed by atoms with Crippen LogP contribution in [-0.2, 0) is 4.79 Å². The summed E-state index contributed by atoms with van der Waals surface area (Å²) in [5.41, 5.74) is 1.98. The number of hydrogen-bond acceptors (Lipinski definition) is 3. The first-order valence-corrected chi connectivity index (χ1v) is 8.26. The molecule has 1 amide bonds. The maximum Gasteiger partial charge on any atom is 0.246 e. The summed E-state index contributed by atoms with van der Waals surface area (Å²) < 4.78 is 5.15. The van der Waals surface area contributed by atoms with E-state index in [0.717, 1.165) is 49.2 Å². The molecule has 0 atom stereocenters. The molecule has 1 saturated heterocycles. The van der Waals surface area contributed by atoms with Crippen molar-refractivity contribution in [1.29, 1.82) is 0 Å². The van der Waals surface area contributed by atoms with Gasteiger partial charge in [0.1, 0.15) is 5.75 Å². The molecule has 0 aromatic heterocycles. The molecule has 0 spiro atoms. The Bertz CT molecular complexity index is 548. The molecular weight excluding hydrogens is 290 g/mol. The van der Waals surface area contributed by atoms with E-state index in [1.807, 2.05) is 36.1 Å². The molecule has 1 aliphatic rings. The zero-order chi connectivity index (χ0) is 16.9. The van der Waals surface area contributed by atoms with Crippen LogP contribution < -0.4 is 4.74 Å². The van der Waals surface area contributed by atoms with E-state index in [1.165, 1.54) is 0 Å². The molecular formula is C19H27NO3. The van der Waals surface area contributed by atoms with Crippen LogP contribution in [-0.4, -0.2) is 42.7 Å². The summed E-state index contributed by atoms with van der Waals surface area (Å²) in [5, 5.41) is 9.58. The first-order valence-electron chi connectivity index (χ1n) is 8.26. The third-order valence-corrected chi connectivity index (χ3v) is 5.11. The zero-order valence-electron chi connectivity index (χ0n) is 14.3. The summed E-state index contributed by atoms with van der Waals surface area (Å²) in [6.45, 7) is 5.72. The number of nitrogens with zero attached hydrogens (tertiary/aromatic N) is 1. The Kier molecular flexibility index (Phi) is 5.83. The van der Waals surface area contributed by atoms with Crippen LogP contribution in [0.3, 0.4) is 0 Å². The van der Waals surface area contributed by atoms with E-state index in [1.54, 1.807) is 13.2 Å². The molecule has 4 heteroatoms. The van der Waals surface area contributed by atoms with Crippen molar-refractivity contribution in [3.8, 4) is 5.75 Å². The van der Waals surface area contributed by atoms with Gasteiger partial charge in [-0.25, -0.2) is 0 Å². The number of benzene rings is 1. The molecule has 0 saturated carbocycles. The van der Waals surface area contributed by atoms with Gasteiger partial charge >= 0.3 is 0 Å². The Morgan fingerprint density at radius 1 is 1.30 bits per heavy atom. The average Bonchev–Trinajstić information content (AvgIpc) is 2.61. The number of hydrogen-bond donors (Lipinski definition) is 1. The maximum atomic E-state index is 12.5. The van der Waals surface area contributed by atoms with Gasteiger partial charge < -0.3 is 14.7 Å². The largest absolute Gasteiger partial charge is 0.497 e. The summed E-state index contributed by atoms with van der Waals surface area (Å²) in [6.07, 6.45) is 4.42. The first kappa shape index (κ1) is 17.5.